The molecule has 0 aliphatic rings. The maximum Gasteiger partial charge on any atom is 0.0893 e. The molecule has 8 aromatic rings. The number of hydrogen-bond acceptors (Lipinski definition) is 3. The highest BCUT2D eigenvalue weighted by Crippen LogP contribution is 2.35. The van der Waals surface area contributed by atoms with Crippen molar-refractivity contribution in [1.29, 1.82) is 0 Å². The maximum absolute atomic E-state index is 5.11. The molecule has 0 aliphatic carbocycles. The quantitative estimate of drug-likeness (QED) is 0.223. The van der Waals surface area contributed by atoms with Crippen molar-refractivity contribution in [3.05, 3.63) is 140 Å². The van der Waals surface area contributed by atoms with Crippen LogP contribution >= 0.6 is 0 Å². The Morgan fingerprint density at radius 3 is 1.82 bits per heavy atom. The van der Waals surface area contributed by atoms with Gasteiger partial charge in [-0.3, -0.25) is 4.98 Å². The topological polar surface area (TPSA) is 38.7 Å². The Labute approximate surface area is 231 Å². The minimum Gasteiger partial charge on any atom is -0.255 e. The molecule has 40 heavy (non-hydrogen) atoms. The Hall–Kier alpha value is -5.41. The average Bonchev–Trinajstić information content (AvgIpc) is 3.04. The van der Waals surface area contributed by atoms with Gasteiger partial charge in [-0.2, -0.15) is 0 Å². The molecule has 0 amide bonds. The molecular weight excluding hydrogens is 486 g/mol. The monoisotopic (exact) mass is 509 g/mol. The minimum absolute atomic E-state index is 0.881. The zero-order valence-corrected chi connectivity index (χ0v) is 21.6. The summed E-state index contributed by atoms with van der Waals surface area (Å²) in [5.74, 6) is 0. The molecule has 5 aromatic carbocycles. The van der Waals surface area contributed by atoms with Gasteiger partial charge in [0.1, 0.15) is 0 Å². The summed E-state index contributed by atoms with van der Waals surface area (Å²) in [6.07, 6.45) is 1.80. The Morgan fingerprint density at radius 1 is 0.400 bits per heavy atom. The number of fused-ring (bicyclic) bond motifs is 5. The van der Waals surface area contributed by atoms with Crippen molar-refractivity contribution in [2.45, 2.75) is 0 Å². The second kappa shape index (κ2) is 9.11. The Bertz CT molecular complexity index is 2220. The lowest BCUT2D eigenvalue weighted by molar-refractivity contribution is 1.28. The predicted octanol–water partition coefficient (Wildman–Crippen LogP) is 9.49. The fraction of sp³-hybridized carbons (Fsp3) is 0. The lowest BCUT2D eigenvalue weighted by Gasteiger charge is -2.11. The molecule has 0 fully saturated rings. The zero-order chi connectivity index (χ0) is 26.5. The van der Waals surface area contributed by atoms with Gasteiger partial charge < -0.3 is 0 Å². The fourth-order valence-electron chi connectivity index (χ4n) is 5.69. The maximum atomic E-state index is 5.11. The van der Waals surface area contributed by atoms with Crippen molar-refractivity contribution >= 4 is 43.4 Å². The first-order valence-electron chi connectivity index (χ1n) is 13.4. The van der Waals surface area contributed by atoms with Gasteiger partial charge in [0.2, 0.25) is 0 Å². The van der Waals surface area contributed by atoms with E-state index in [0.717, 1.165) is 55.6 Å². The van der Waals surface area contributed by atoms with Crippen LogP contribution in [0.25, 0.3) is 77.1 Å². The number of rotatable bonds is 3. The van der Waals surface area contributed by atoms with Gasteiger partial charge in [-0.05, 0) is 81.2 Å². The van der Waals surface area contributed by atoms with Crippen LogP contribution in [0.1, 0.15) is 0 Å². The van der Waals surface area contributed by atoms with E-state index < -0.39 is 0 Å². The molecule has 0 N–H and O–H groups in total. The van der Waals surface area contributed by atoms with Crippen LogP contribution in [0.15, 0.2) is 140 Å². The third kappa shape index (κ3) is 3.79. The lowest BCUT2D eigenvalue weighted by atomic mass is 9.95. The van der Waals surface area contributed by atoms with Gasteiger partial charge >= 0.3 is 0 Å². The largest absolute Gasteiger partial charge is 0.255 e. The standard InChI is InChI=1S/C37H23N3/c1-2-8-30-24(6-1)11-12-25-7-5-9-31(37(25)30)34-19-15-28-22-26(13-17-32(28)39-34)27-14-18-33-29(23-27)16-20-36(40-33)35-10-3-4-21-38-35/h1-23H. The summed E-state index contributed by atoms with van der Waals surface area (Å²) in [4.78, 5) is 14.4. The van der Waals surface area contributed by atoms with E-state index in [4.69, 9.17) is 9.97 Å². The molecule has 8 rings (SSSR count). The second-order valence-electron chi connectivity index (χ2n) is 10.1. The van der Waals surface area contributed by atoms with Crippen LogP contribution in [0.2, 0.25) is 0 Å². The smallest absolute Gasteiger partial charge is 0.0893 e. The highest BCUT2D eigenvalue weighted by molar-refractivity contribution is 6.14. The molecule has 0 unspecified atom stereocenters. The summed E-state index contributed by atoms with van der Waals surface area (Å²) in [7, 11) is 0. The fourth-order valence-corrected chi connectivity index (χ4v) is 5.69. The van der Waals surface area contributed by atoms with E-state index in [1.54, 1.807) is 6.20 Å². The van der Waals surface area contributed by atoms with E-state index in [1.807, 2.05) is 24.3 Å². The number of pyridine rings is 3. The molecule has 0 spiro atoms. The summed E-state index contributed by atoms with van der Waals surface area (Å²) in [6, 6.07) is 46.8. The van der Waals surface area contributed by atoms with E-state index in [-0.39, 0.29) is 0 Å². The van der Waals surface area contributed by atoms with Crippen molar-refractivity contribution in [1.82, 2.24) is 15.0 Å². The van der Waals surface area contributed by atoms with Crippen LogP contribution < -0.4 is 0 Å². The molecule has 186 valence electrons. The van der Waals surface area contributed by atoms with Crippen LogP contribution in [0.5, 0.6) is 0 Å². The van der Waals surface area contributed by atoms with Crippen molar-refractivity contribution in [3.63, 3.8) is 0 Å². The molecule has 3 nitrogen and oxygen atoms in total. The van der Waals surface area contributed by atoms with Gasteiger partial charge in [0.05, 0.1) is 28.1 Å². The van der Waals surface area contributed by atoms with Crippen molar-refractivity contribution in [2.75, 3.05) is 0 Å². The van der Waals surface area contributed by atoms with Crippen LogP contribution in [0, 0.1) is 0 Å². The molecule has 0 radical (unpaired) electrons. The number of benzene rings is 5. The van der Waals surface area contributed by atoms with Crippen LogP contribution in [0.3, 0.4) is 0 Å². The summed E-state index contributed by atoms with van der Waals surface area (Å²) >= 11 is 0. The van der Waals surface area contributed by atoms with Crippen molar-refractivity contribution < 1.29 is 0 Å². The summed E-state index contributed by atoms with van der Waals surface area (Å²) in [6.45, 7) is 0. The molecular formula is C37H23N3. The van der Waals surface area contributed by atoms with E-state index in [0.29, 0.717) is 0 Å². The Kier molecular flexibility index (Phi) is 5.14. The normalized spacial score (nSPS) is 11.5. The average molecular weight is 510 g/mol. The van der Waals surface area contributed by atoms with Gasteiger partial charge in [-0.25, -0.2) is 9.97 Å². The van der Waals surface area contributed by atoms with Gasteiger partial charge in [-0.15, -0.1) is 0 Å². The van der Waals surface area contributed by atoms with Crippen molar-refractivity contribution in [3.8, 4) is 33.8 Å². The minimum atomic E-state index is 0.881. The van der Waals surface area contributed by atoms with Crippen LogP contribution in [0.4, 0.5) is 0 Å². The highest BCUT2D eigenvalue weighted by Gasteiger charge is 2.11. The van der Waals surface area contributed by atoms with Gasteiger partial charge in [0.25, 0.3) is 0 Å². The number of nitrogens with zero attached hydrogens (tertiary/aromatic N) is 3. The van der Waals surface area contributed by atoms with E-state index in [1.165, 1.54) is 21.5 Å². The molecule has 0 saturated heterocycles. The third-order valence-corrected chi connectivity index (χ3v) is 7.68. The number of aromatic nitrogens is 3. The molecule has 0 bridgehead atoms. The van der Waals surface area contributed by atoms with Crippen molar-refractivity contribution in [2.24, 2.45) is 0 Å². The lowest BCUT2D eigenvalue weighted by Crippen LogP contribution is -1.90. The van der Waals surface area contributed by atoms with E-state index in [9.17, 15) is 0 Å². The number of hydrogen-bond donors (Lipinski definition) is 0. The van der Waals surface area contributed by atoms with E-state index in [2.05, 4.69) is 114 Å². The summed E-state index contributed by atoms with van der Waals surface area (Å²) < 4.78 is 0. The van der Waals surface area contributed by atoms with Crippen LogP contribution in [-0.4, -0.2) is 15.0 Å². The summed E-state index contributed by atoms with van der Waals surface area (Å²) in [5, 5.41) is 7.20. The summed E-state index contributed by atoms with van der Waals surface area (Å²) in [5.41, 5.74) is 8.18. The first-order valence-corrected chi connectivity index (χ1v) is 13.4. The molecule has 0 saturated carbocycles. The van der Waals surface area contributed by atoms with Crippen LogP contribution in [-0.2, 0) is 0 Å². The predicted molar refractivity (Wildman–Crippen MR) is 166 cm³/mol. The Balaban J connectivity index is 1.18. The van der Waals surface area contributed by atoms with Gasteiger partial charge in [0.15, 0.2) is 0 Å². The second-order valence-corrected chi connectivity index (χ2v) is 10.1. The molecule has 0 aliphatic heterocycles. The first-order chi connectivity index (χ1) is 19.8. The SMILES string of the molecule is c1ccc(-c2ccc3cc(-c4ccc5nc(-c6cccc7ccc8ccccc8c67)ccc5c4)ccc3n2)nc1. The molecule has 3 heterocycles. The third-order valence-electron chi connectivity index (χ3n) is 7.68. The molecule has 0 atom stereocenters. The Morgan fingerprint density at radius 2 is 1.05 bits per heavy atom. The van der Waals surface area contributed by atoms with E-state index >= 15 is 0 Å². The van der Waals surface area contributed by atoms with Gasteiger partial charge in [0, 0.05) is 22.5 Å². The highest BCUT2D eigenvalue weighted by atomic mass is 14.8. The van der Waals surface area contributed by atoms with Gasteiger partial charge in [-0.1, -0.05) is 84.9 Å². The molecule has 3 heteroatoms. The first kappa shape index (κ1) is 22.6. The zero-order valence-electron chi connectivity index (χ0n) is 21.6. The molecule has 3 aromatic heterocycles.